The molecule has 0 fully saturated rings. The number of carbonyl (C=O) groups excluding carboxylic acids is 1. The molecule has 3 aromatic heterocycles. The normalized spacial score (nSPS) is 11.3. The molecule has 0 unspecified atom stereocenters. The lowest BCUT2D eigenvalue weighted by Gasteiger charge is -2.20. The lowest BCUT2D eigenvalue weighted by Crippen LogP contribution is -2.42. The zero-order chi connectivity index (χ0) is 17.9. The molecule has 3 aromatic rings. The van der Waals surface area contributed by atoms with E-state index in [1.807, 2.05) is 39.0 Å². The van der Waals surface area contributed by atoms with Gasteiger partial charge in [0.05, 0.1) is 6.20 Å². The van der Waals surface area contributed by atoms with E-state index in [-0.39, 0.29) is 18.0 Å². The number of amides is 1. The third kappa shape index (κ3) is 4.43. The molecule has 0 aliphatic carbocycles. The van der Waals surface area contributed by atoms with Crippen LogP contribution >= 0.6 is 0 Å². The van der Waals surface area contributed by atoms with Crippen LogP contribution in [0.2, 0.25) is 0 Å². The van der Waals surface area contributed by atoms with Crippen LogP contribution in [0.25, 0.3) is 22.8 Å². The summed E-state index contributed by atoms with van der Waals surface area (Å²) in [5, 5.41) is 10.9. The van der Waals surface area contributed by atoms with Crippen molar-refractivity contribution in [1.29, 1.82) is 0 Å². The van der Waals surface area contributed by atoms with Crippen LogP contribution in [0, 0.1) is 0 Å². The third-order valence-electron chi connectivity index (χ3n) is 3.20. The molecule has 8 nitrogen and oxygen atoms in total. The predicted molar refractivity (Wildman–Crippen MR) is 92.2 cm³/mol. The quantitative estimate of drug-likeness (QED) is 0.778. The minimum Gasteiger partial charge on any atom is -0.350 e. The Kier molecular flexibility index (Phi) is 4.51. The Labute approximate surface area is 145 Å². The topological polar surface area (TPSA) is 98.5 Å². The van der Waals surface area contributed by atoms with Crippen molar-refractivity contribution in [2.45, 2.75) is 32.9 Å². The second-order valence-corrected chi connectivity index (χ2v) is 6.61. The fourth-order valence-electron chi connectivity index (χ4n) is 2.20. The molecule has 0 radical (unpaired) electrons. The van der Waals surface area contributed by atoms with Crippen molar-refractivity contribution < 1.29 is 4.79 Å². The maximum Gasteiger partial charge on any atom is 0.242 e. The number of rotatable bonds is 4. The molecule has 128 valence electrons. The third-order valence-corrected chi connectivity index (χ3v) is 3.20. The second-order valence-electron chi connectivity index (χ2n) is 6.61. The lowest BCUT2D eigenvalue weighted by atomic mass is 10.1. The number of pyridine rings is 1. The van der Waals surface area contributed by atoms with Crippen LogP contribution in [0.4, 0.5) is 0 Å². The number of hydrogen-bond donors (Lipinski definition) is 1. The van der Waals surface area contributed by atoms with Crippen molar-refractivity contribution in [3.8, 4) is 22.8 Å². The van der Waals surface area contributed by atoms with E-state index >= 15 is 0 Å². The number of nitrogens with one attached hydrogen (secondary N) is 1. The maximum absolute atomic E-state index is 11.9. The van der Waals surface area contributed by atoms with E-state index in [0.717, 1.165) is 5.56 Å². The minimum atomic E-state index is -0.282. The van der Waals surface area contributed by atoms with E-state index in [1.54, 1.807) is 24.8 Å². The van der Waals surface area contributed by atoms with E-state index in [4.69, 9.17) is 0 Å². The molecule has 3 heterocycles. The van der Waals surface area contributed by atoms with Gasteiger partial charge in [0.1, 0.15) is 17.9 Å². The Morgan fingerprint density at radius 3 is 2.52 bits per heavy atom. The van der Waals surface area contributed by atoms with Crippen LogP contribution in [-0.4, -0.2) is 41.4 Å². The summed E-state index contributed by atoms with van der Waals surface area (Å²) in [6.07, 6.45) is 6.73. The van der Waals surface area contributed by atoms with Gasteiger partial charge in [0.2, 0.25) is 5.91 Å². The van der Waals surface area contributed by atoms with Gasteiger partial charge in [0.15, 0.2) is 5.82 Å². The summed E-state index contributed by atoms with van der Waals surface area (Å²) in [4.78, 5) is 24.8. The summed E-state index contributed by atoms with van der Waals surface area (Å²) < 4.78 is 1.49. The van der Waals surface area contributed by atoms with Gasteiger partial charge in [-0.15, -0.1) is 5.10 Å². The molecule has 0 aliphatic heterocycles. The first-order valence-electron chi connectivity index (χ1n) is 7.86. The Hall–Kier alpha value is -3.16. The lowest BCUT2D eigenvalue weighted by molar-refractivity contribution is -0.123. The first-order chi connectivity index (χ1) is 11.9. The fraction of sp³-hybridized carbons (Fsp3) is 0.294. The monoisotopic (exact) mass is 337 g/mol. The Bertz CT molecular complexity index is 851. The largest absolute Gasteiger partial charge is 0.350 e. The number of aromatic nitrogens is 6. The van der Waals surface area contributed by atoms with Gasteiger partial charge in [0, 0.05) is 29.7 Å². The average molecular weight is 337 g/mol. The van der Waals surface area contributed by atoms with Crippen LogP contribution in [0.15, 0.2) is 43.0 Å². The molecule has 25 heavy (non-hydrogen) atoms. The summed E-state index contributed by atoms with van der Waals surface area (Å²) in [5.41, 5.74) is 1.75. The van der Waals surface area contributed by atoms with Crippen LogP contribution in [0.5, 0.6) is 0 Å². The summed E-state index contributed by atoms with van der Waals surface area (Å²) in [6, 6.07) is 5.57. The summed E-state index contributed by atoms with van der Waals surface area (Å²) in [6.45, 7) is 5.89. The minimum absolute atomic E-state index is 0.108. The van der Waals surface area contributed by atoms with Crippen LogP contribution in [-0.2, 0) is 11.3 Å². The zero-order valence-electron chi connectivity index (χ0n) is 14.3. The number of nitrogens with zero attached hydrogens (tertiary/aromatic N) is 6. The Morgan fingerprint density at radius 1 is 1.12 bits per heavy atom. The van der Waals surface area contributed by atoms with Crippen molar-refractivity contribution >= 4 is 5.91 Å². The molecule has 0 spiro atoms. The molecule has 3 rings (SSSR count). The van der Waals surface area contributed by atoms with Gasteiger partial charge >= 0.3 is 0 Å². The molecule has 0 saturated carbocycles. The number of carbonyl (C=O) groups is 1. The van der Waals surface area contributed by atoms with Crippen molar-refractivity contribution in [3.63, 3.8) is 0 Å². The molecule has 1 amide bonds. The molecular formula is C17H19N7O. The van der Waals surface area contributed by atoms with Crippen LogP contribution in [0.1, 0.15) is 20.8 Å². The van der Waals surface area contributed by atoms with Gasteiger partial charge in [-0.3, -0.25) is 9.78 Å². The van der Waals surface area contributed by atoms with Crippen LogP contribution < -0.4 is 5.32 Å². The average Bonchev–Trinajstić information content (AvgIpc) is 3.02. The highest BCUT2D eigenvalue weighted by Crippen LogP contribution is 2.16. The second kappa shape index (κ2) is 6.76. The number of hydrogen-bond acceptors (Lipinski definition) is 6. The molecule has 8 heteroatoms. The first-order valence-corrected chi connectivity index (χ1v) is 7.86. The van der Waals surface area contributed by atoms with Gasteiger partial charge < -0.3 is 5.32 Å². The highest BCUT2D eigenvalue weighted by molar-refractivity contribution is 5.76. The van der Waals surface area contributed by atoms with E-state index in [1.165, 1.54) is 4.68 Å². The van der Waals surface area contributed by atoms with Crippen LogP contribution in [0.3, 0.4) is 0 Å². The van der Waals surface area contributed by atoms with Gasteiger partial charge in [-0.25, -0.2) is 14.6 Å². The zero-order valence-corrected chi connectivity index (χ0v) is 14.3. The van der Waals surface area contributed by atoms with Crippen molar-refractivity contribution in [2.24, 2.45) is 0 Å². The smallest absolute Gasteiger partial charge is 0.242 e. The highest BCUT2D eigenvalue weighted by Gasteiger charge is 2.15. The molecule has 1 N–H and O–H groups in total. The first kappa shape index (κ1) is 16.7. The highest BCUT2D eigenvalue weighted by atomic mass is 16.2. The summed E-state index contributed by atoms with van der Waals surface area (Å²) >= 11 is 0. The molecule has 0 aromatic carbocycles. The van der Waals surface area contributed by atoms with E-state index in [2.05, 4.69) is 30.6 Å². The van der Waals surface area contributed by atoms with Crippen molar-refractivity contribution in [1.82, 2.24) is 35.3 Å². The maximum atomic E-state index is 11.9. The van der Waals surface area contributed by atoms with E-state index < -0.39 is 0 Å². The van der Waals surface area contributed by atoms with E-state index in [9.17, 15) is 4.79 Å². The standard InChI is InChI=1S/C17H19N7O/c1-17(2,3)21-15(25)11-24-10-14(22-23-24)12-8-19-16(20-9-12)13-6-4-5-7-18-13/h4-10H,11H2,1-3H3,(H,21,25). The van der Waals surface area contributed by atoms with Gasteiger partial charge in [0.25, 0.3) is 0 Å². The summed E-state index contributed by atoms with van der Waals surface area (Å²) in [7, 11) is 0. The molecule has 0 atom stereocenters. The molecular weight excluding hydrogens is 318 g/mol. The summed E-state index contributed by atoms with van der Waals surface area (Å²) in [5.74, 6) is 0.423. The van der Waals surface area contributed by atoms with Gasteiger partial charge in [-0.2, -0.15) is 0 Å². The van der Waals surface area contributed by atoms with Crippen molar-refractivity contribution in [2.75, 3.05) is 0 Å². The Morgan fingerprint density at radius 2 is 1.88 bits per heavy atom. The SMILES string of the molecule is CC(C)(C)NC(=O)Cn1cc(-c2cnc(-c3ccccn3)nc2)nn1. The fourth-order valence-corrected chi connectivity index (χ4v) is 2.20. The van der Waals surface area contributed by atoms with Gasteiger partial charge in [-0.05, 0) is 32.9 Å². The van der Waals surface area contributed by atoms with E-state index in [0.29, 0.717) is 17.2 Å². The molecule has 0 bridgehead atoms. The predicted octanol–water partition coefficient (Wildman–Crippen LogP) is 1.71. The Balaban J connectivity index is 1.71. The van der Waals surface area contributed by atoms with Crippen molar-refractivity contribution in [3.05, 3.63) is 43.0 Å². The molecule has 0 aliphatic rings. The molecule has 0 saturated heterocycles. The van der Waals surface area contributed by atoms with Gasteiger partial charge in [-0.1, -0.05) is 11.3 Å².